The highest BCUT2D eigenvalue weighted by Gasteiger charge is 2.22. The van der Waals surface area contributed by atoms with E-state index in [0.29, 0.717) is 5.75 Å². The molecule has 0 aliphatic carbocycles. The van der Waals surface area contributed by atoms with E-state index < -0.39 is 0 Å². The van der Waals surface area contributed by atoms with Gasteiger partial charge in [0.05, 0.1) is 18.4 Å². The van der Waals surface area contributed by atoms with E-state index in [1.165, 1.54) is 11.8 Å². The molecule has 2 aromatic rings. The summed E-state index contributed by atoms with van der Waals surface area (Å²) in [5.74, 6) is 1.49. The zero-order chi connectivity index (χ0) is 18.5. The van der Waals surface area contributed by atoms with Crippen LogP contribution in [0.3, 0.4) is 0 Å². The fraction of sp³-hybridized carbons (Fsp3) is 0.526. The number of benzene rings is 1. The van der Waals surface area contributed by atoms with Crippen molar-refractivity contribution in [2.75, 3.05) is 17.7 Å². The van der Waals surface area contributed by atoms with Crippen LogP contribution >= 0.6 is 11.8 Å². The molecule has 1 aliphatic rings. The molecule has 1 N–H and O–H groups in total. The monoisotopic (exact) mass is 374 g/mol. The fourth-order valence-corrected chi connectivity index (χ4v) is 3.78. The summed E-state index contributed by atoms with van der Waals surface area (Å²) in [6, 6.07) is 7.77. The minimum atomic E-state index is -0.0398. The number of ether oxygens (including phenoxy) is 1. The molecule has 1 aliphatic heterocycles. The van der Waals surface area contributed by atoms with Gasteiger partial charge in [0, 0.05) is 18.2 Å². The summed E-state index contributed by atoms with van der Waals surface area (Å²) < 4.78 is 7.89. The van der Waals surface area contributed by atoms with Gasteiger partial charge in [0.2, 0.25) is 5.91 Å². The Morgan fingerprint density at radius 2 is 2.19 bits per heavy atom. The first-order valence-electron chi connectivity index (χ1n) is 9.07. The van der Waals surface area contributed by atoms with Crippen molar-refractivity contribution >= 4 is 23.4 Å². The van der Waals surface area contributed by atoms with E-state index in [1.807, 2.05) is 31.2 Å². The summed E-state index contributed by atoms with van der Waals surface area (Å²) in [5.41, 5.74) is 1.90. The molecule has 7 heteroatoms. The number of aryl methyl sites for hydroxylation is 1. The molecule has 0 spiro atoms. The van der Waals surface area contributed by atoms with Crippen LogP contribution in [0, 0.1) is 6.92 Å². The maximum atomic E-state index is 12.3. The smallest absolute Gasteiger partial charge is 0.234 e. The number of para-hydroxylation sites is 1. The third kappa shape index (κ3) is 4.65. The van der Waals surface area contributed by atoms with Gasteiger partial charge in [-0.05, 0) is 31.4 Å². The number of hydrogen-bond acceptors (Lipinski definition) is 5. The van der Waals surface area contributed by atoms with Gasteiger partial charge in [0.15, 0.2) is 5.16 Å². The zero-order valence-electron chi connectivity index (χ0n) is 15.6. The number of thioether (sulfide) groups is 1. The zero-order valence-corrected chi connectivity index (χ0v) is 16.4. The number of carbonyl (C=O) groups excluding carboxylic acids is 1. The van der Waals surface area contributed by atoms with E-state index >= 15 is 0 Å². The predicted molar refractivity (Wildman–Crippen MR) is 104 cm³/mol. The first-order valence-corrected chi connectivity index (χ1v) is 10.1. The number of rotatable bonds is 7. The van der Waals surface area contributed by atoms with Gasteiger partial charge < -0.3 is 14.6 Å². The Morgan fingerprint density at radius 1 is 1.38 bits per heavy atom. The van der Waals surface area contributed by atoms with E-state index in [9.17, 15) is 4.79 Å². The number of hydrogen-bond donors (Lipinski definition) is 1. The molecule has 0 bridgehead atoms. The molecule has 6 nitrogen and oxygen atoms in total. The lowest BCUT2D eigenvalue weighted by atomic mass is 10.2. The minimum Gasteiger partial charge on any atom is -0.376 e. The van der Waals surface area contributed by atoms with Gasteiger partial charge in [-0.1, -0.05) is 43.8 Å². The number of nitrogens with one attached hydrogen (secondary N) is 1. The van der Waals surface area contributed by atoms with Gasteiger partial charge in [-0.25, -0.2) is 0 Å². The molecule has 1 aromatic carbocycles. The van der Waals surface area contributed by atoms with Gasteiger partial charge in [-0.2, -0.15) is 0 Å². The van der Waals surface area contributed by atoms with Crippen LogP contribution in [0.2, 0.25) is 0 Å². The van der Waals surface area contributed by atoms with Crippen LogP contribution < -0.4 is 5.32 Å². The van der Waals surface area contributed by atoms with Gasteiger partial charge in [-0.3, -0.25) is 4.79 Å². The summed E-state index contributed by atoms with van der Waals surface area (Å²) in [6.45, 7) is 7.77. The van der Waals surface area contributed by atoms with Crippen molar-refractivity contribution in [1.82, 2.24) is 14.8 Å². The molecular formula is C19H26N4O2S. The topological polar surface area (TPSA) is 69.0 Å². The average molecular weight is 375 g/mol. The van der Waals surface area contributed by atoms with Crippen molar-refractivity contribution in [3.63, 3.8) is 0 Å². The average Bonchev–Trinajstić information content (AvgIpc) is 3.25. The van der Waals surface area contributed by atoms with E-state index in [0.717, 1.165) is 48.2 Å². The van der Waals surface area contributed by atoms with E-state index in [4.69, 9.17) is 4.74 Å². The normalized spacial score (nSPS) is 17.0. The Labute approximate surface area is 158 Å². The summed E-state index contributed by atoms with van der Waals surface area (Å²) in [7, 11) is 0. The summed E-state index contributed by atoms with van der Waals surface area (Å²) in [5, 5.41) is 12.4. The molecular weight excluding hydrogens is 348 g/mol. The SMILES string of the molecule is Cc1ccccc1NC(=O)CSc1nnc(C(C)C)n1CC1CCCO1. The highest BCUT2D eigenvalue weighted by atomic mass is 32.2. The van der Waals surface area contributed by atoms with Crippen molar-refractivity contribution in [3.8, 4) is 0 Å². The third-order valence-electron chi connectivity index (χ3n) is 4.42. The lowest BCUT2D eigenvalue weighted by molar-refractivity contribution is -0.113. The third-order valence-corrected chi connectivity index (χ3v) is 5.39. The van der Waals surface area contributed by atoms with Crippen LogP contribution in [0.15, 0.2) is 29.4 Å². The molecule has 1 saturated heterocycles. The second kappa shape index (κ2) is 8.68. The number of carbonyl (C=O) groups is 1. The summed E-state index contributed by atoms with van der Waals surface area (Å²) >= 11 is 1.42. The molecule has 1 aromatic heterocycles. The van der Waals surface area contributed by atoms with Gasteiger partial charge in [0.1, 0.15) is 5.82 Å². The summed E-state index contributed by atoms with van der Waals surface area (Å²) in [4.78, 5) is 12.3. The highest BCUT2D eigenvalue weighted by molar-refractivity contribution is 7.99. The van der Waals surface area contributed by atoms with Crippen LogP contribution in [-0.2, 0) is 16.1 Å². The molecule has 26 heavy (non-hydrogen) atoms. The maximum absolute atomic E-state index is 12.3. The van der Waals surface area contributed by atoms with E-state index in [1.54, 1.807) is 0 Å². The molecule has 0 radical (unpaired) electrons. The summed E-state index contributed by atoms with van der Waals surface area (Å²) in [6.07, 6.45) is 2.38. The molecule has 1 atom stereocenters. The van der Waals surface area contributed by atoms with Gasteiger partial charge in [-0.15, -0.1) is 10.2 Å². The Hall–Kier alpha value is -1.86. The Kier molecular flexibility index (Phi) is 6.32. The molecule has 1 unspecified atom stereocenters. The molecule has 140 valence electrons. The van der Waals surface area contributed by atoms with Gasteiger partial charge >= 0.3 is 0 Å². The van der Waals surface area contributed by atoms with Crippen molar-refractivity contribution in [2.45, 2.75) is 57.3 Å². The van der Waals surface area contributed by atoms with E-state index in [2.05, 4.69) is 33.9 Å². The van der Waals surface area contributed by atoms with Crippen LogP contribution in [-0.4, -0.2) is 39.1 Å². The number of anilines is 1. The quantitative estimate of drug-likeness (QED) is 0.750. The predicted octanol–water partition coefficient (Wildman–Crippen LogP) is 3.62. The second-order valence-electron chi connectivity index (χ2n) is 6.89. The van der Waals surface area contributed by atoms with Gasteiger partial charge in [0.25, 0.3) is 0 Å². The van der Waals surface area contributed by atoms with Crippen molar-refractivity contribution in [2.24, 2.45) is 0 Å². The number of aromatic nitrogens is 3. The molecule has 2 heterocycles. The van der Waals surface area contributed by atoms with E-state index in [-0.39, 0.29) is 17.9 Å². The lowest BCUT2D eigenvalue weighted by Gasteiger charge is -2.16. The van der Waals surface area contributed by atoms with Crippen LogP contribution in [0.5, 0.6) is 0 Å². The minimum absolute atomic E-state index is 0.0398. The first-order chi connectivity index (χ1) is 12.5. The standard InChI is InChI=1S/C19H26N4O2S/c1-13(2)18-21-22-19(23(18)11-15-8-6-10-25-15)26-12-17(24)20-16-9-5-4-7-14(16)3/h4-5,7,9,13,15H,6,8,10-12H2,1-3H3,(H,20,24). The maximum Gasteiger partial charge on any atom is 0.234 e. The largest absolute Gasteiger partial charge is 0.376 e. The molecule has 1 fully saturated rings. The molecule has 1 amide bonds. The second-order valence-corrected chi connectivity index (χ2v) is 7.84. The van der Waals surface area contributed by atoms with Crippen molar-refractivity contribution in [1.29, 1.82) is 0 Å². The Morgan fingerprint density at radius 3 is 2.88 bits per heavy atom. The van der Waals surface area contributed by atoms with Crippen LogP contribution in [0.1, 0.15) is 44.0 Å². The van der Waals surface area contributed by atoms with Crippen LogP contribution in [0.25, 0.3) is 0 Å². The Bertz CT molecular complexity index is 754. The van der Waals surface area contributed by atoms with Crippen LogP contribution in [0.4, 0.5) is 5.69 Å². The molecule has 3 rings (SSSR count). The van der Waals surface area contributed by atoms with Crippen molar-refractivity contribution in [3.05, 3.63) is 35.7 Å². The fourth-order valence-electron chi connectivity index (χ4n) is 3.03. The highest BCUT2D eigenvalue weighted by Crippen LogP contribution is 2.25. The lowest BCUT2D eigenvalue weighted by Crippen LogP contribution is -2.19. The first kappa shape index (κ1) is 18.9. The van der Waals surface area contributed by atoms with Crippen molar-refractivity contribution < 1.29 is 9.53 Å². The number of nitrogens with zero attached hydrogens (tertiary/aromatic N) is 3. The number of amides is 1. The Balaban J connectivity index is 1.65. The molecule has 0 saturated carbocycles.